The molecule has 8 heteroatoms. The number of nitrogens with zero attached hydrogens (tertiary/aromatic N) is 1. The molecule has 0 spiro atoms. The second-order valence-electron chi connectivity index (χ2n) is 2.67. The number of hydrogen-bond donors (Lipinski definition) is 0. The van der Waals surface area contributed by atoms with Crippen LogP contribution in [-0.2, 0) is 9.84 Å². The van der Waals surface area contributed by atoms with E-state index in [1.807, 2.05) is 0 Å². The fourth-order valence-corrected chi connectivity index (χ4v) is 4.76. The molecule has 1 rings (SSSR count). The van der Waals surface area contributed by atoms with E-state index in [1.54, 1.807) is 0 Å². The molecule has 0 amide bonds. The molecule has 0 aliphatic carbocycles. The molecule has 0 aromatic heterocycles. The normalized spacial score (nSPS) is 32.2. The summed E-state index contributed by atoms with van der Waals surface area (Å²) in [5.74, 6) is -0.542. The van der Waals surface area contributed by atoms with Gasteiger partial charge in [-0.1, -0.05) is 0 Å². The van der Waals surface area contributed by atoms with E-state index in [2.05, 4.69) is 31.9 Å². The van der Waals surface area contributed by atoms with Crippen molar-refractivity contribution < 1.29 is 13.3 Å². The molecule has 1 aliphatic rings. The molecule has 5 nitrogen and oxygen atoms in total. The van der Waals surface area contributed by atoms with Gasteiger partial charge in [-0.15, -0.1) is 0 Å². The van der Waals surface area contributed by atoms with Gasteiger partial charge >= 0.3 is 4.45 Å². The molecule has 74 valence electrons. The van der Waals surface area contributed by atoms with Crippen LogP contribution in [0.4, 0.5) is 0 Å². The van der Waals surface area contributed by atoms with E-state index in [0.717, 1.165) is 0 Å². The van der Waals surface area contributed by atoms with Gasteiger partial charge in [0.05, 0.1) is 0 Å². The lowest BCUT2D eigenvalue weighted by Gasteiger charge is -2.11. The Morgan fingerprint density at radius 2 is 2.08 bits per heavy atom. The van der Waals surface area contributed by atoms with Gasteiger partial charge in [-0.05, 0) is 22.9 Å². The Labute approximate surface area is 91.5 Å². The van der Waals surface area contributed by atoms with Crippen molar-refractivity contribution in [2.75, 3.05) is 5.75 Å². The molecule has 0 N–H and O–H groups in total. The van der Waals surface area contributed by atoms with Gasteiger partial charge in [0, 0.05) is 26.4 Å². The van der Waals surface area contributed by atoms with Gasteiger partial charge in [0.1, 0.15) is 9.57 Å². The molecular weight excluding hydrogens is 330 g/mol. The number of nitro groups is 1. The molecular formula is C5H5Br2NO4S. The minimum absolute atomic E-state index is 0.0893. The summed E-state index contributed by atoms with van der Waals surface area (Å²) in [5, 5.41) is 10.6. The van der Waals surface area contributed by atoms with Crippen LogP contribution in [0.5, 0.6) is 0 Å². The number of hydrogen-bond acceptors (Lipinski definition) is 4. The molecule has 1 atom stereocenters. The maximum atomic E-state index is 11.3. The van der Waals surface area contributed by atoms with Crippen molar-refractivity contribution in [2.24, 2.45) is 0 Å². The third-order valence-corrected chi connectivity index (χ3v) is 7.07. The number of alkyl halides is 1. The lowest BCUT2D eigenvalue weighted by atomic mass is 10.2. The maximum absolute atomic E-state index is 11.3. The summed E-state index contributed by atoms with van der Waals surface area (Å²) in [4.78, 5) is 9.96. The standard InChI is InChI=1S/C5H5Br2NO4S/c1-3-4(6)13(11,12)2-5(3,7)8(9)10/h2H2,1H3. The summed E-state index contributed by atoms with van der Waals surface area (Å²) in [6, 6.07) is 0. The first-order valence-electron chi connectivity index (χ1n) is 3.15. The topological polar surface area (TPSA) is 77.3 Å². The Bertz CT molecular complexity index is 401. The quantitative estimate of drug-likeness (QED) is 0.314. The van der Waals surface area contributed by atoms with Gasteiger partial charge in [0.25, 0.3) is 0 Å². The highest BCUT2D eigenvalue weighted by atomic mass is 79.9. The van der Waals surface area contributed by atoms with E-state index in [-0.39, 0.29) is 9.39 Å². The minimum Gasteiger partial charge on any atom is -0.263 e. The Morgan fingerprint density at radius 3 is 2.23 bits per heavy atom. The predicted octanol–water partition coefficient (Wildman–Crippen LogP) is 1.41. The van der Waals surface area contributed by atoms with Crippen molar-refractivity contribution in [2.45, 2.75) is 11.4 Å². The van der Waals surface area contributed by atoms with E-state index in [4.69, 9.17) is 0 Å². The maximum Gasteiger partial charge on any atom is 0.311 e. The molecule has 1 heterocycles. The third-order valence-electron chi connectivity index (χ3n) is 1.81. The van der Waals surface area contributed by atoms with Crippen LogP contribution in [0.15, 0.2) is 9.39 Å². The molecule has 1 unspecified atom stereocenters. The first-order chi connectivity index (χ1) is 5.72. The zero-order valence-electron chi connectivity index (χ0n) is 6.45. The number of rotatable bonds is 1. The van der Waals surface area contributed by atoms with Gasteiger partial charge in [0.2, 0.25) is 0 Å². The van der Waals surface area contributed by atoms with Crippen LogP contribution in [0, 0.1) is 10.1 Å². The largest absolute Gasteiger partial charge is 0.311 e. The van der Waals surface area contributed by atoms with Crippen LogP contribution in [0.1, 0.15) is 6.92 Å². The van der Waals surface area contributed by atoms with Gasteiger partial charge in [-0.3, -0.25) is 10.1 Å². The molecule has 0 fully saturated rings. The molecule has 13 heavy (non-hydrogen) atoms. The average molecular weight is 335 g/mol. The molecule has 0 aromatic rings. The molecule has 1 aliphatic heterocycles. The van der Waals surface area contributed by atoms with Gasteiger partial charge in [-0.25, -0.2) is 8.42 Å². The second-order valence-corrected chi connectivity index (χ2v) is 7.23. The molecule has 0 radical (unpaired) electrons. The highest BCUT2D eigenvalue weighted by Crippen LogP contribution is 2.42. The van der Waals surface area contributed by atoms with Crippen molar-refractivity contribution >= 4 is 41.7 Å². The van der Waals surface area contributed by atoms with Crippen molar-refractivity contribution in [3.8, 4) is 0 Å². The van der Waals surface area contributed by atoms with E-state index in [9.17, 15) is 18.5 Å². The summed E-state index contributed by atoms with van der Waals surface area (Å²) in [5.41, 5.74) is 0.178. The van der Waals surface area contributed by atoms with Crippen LogP contribution in [0.2, 0.25) is 0 Å². The molecule has 0 saturated heterocycles. The van der Waals surface area contributed by atoms with Gasteiger partial charge in [0.15, 0.2) is 9.84 Å². The van der Waals surface area contributed by atoms with Crippen LogP contribution in [0.25, 0.3) is 0 Å². The minimum atomic E-state index is -3.52. The second kappa shape index (κ2) is 3.03. The third kappa shape index (κ3) is 1.55. The Kier molecular flexibility index (Phi) is 2.59. The van der Waals surface area contributed by atoms with Crippen molar-refractivity contribution in [1.29, 1.82) is 0 Å². The summed E-state index contributed by atoms with van der Waals surface area (Å²) in [7, 11) is -3.52. The van der Waals surface area contributed by atoms with Crippen LogP contribution in [-0.4, -0.2) is 23.5 Å². The van der Waals surface area contributed by atoms with Crippen molar-refractivity contribution in [1.82, 2.24) is 0 Å². The van der Waals surface area contributed by atoms with E-state index >= 15 is 0 Å². The molecule has 0 aromatic carbocycles. The van der Waals surface area contributed by atoms with Crippen molar-refractivity contribution in [3.63, 3.8) is 0 Å². The summed E-state index contributed by atoms with van der Waals surface area (Å²) >= 11 is 5.65. The van der Waals surface area contributed by atoms with Crippen LogP contribution >= 0.6 is 31.9 Å². The predicted molar refractivity (Wildman–Crippen MR) is 54.1 cm³/mol. The number of halogens is 2. The van der Waals surface area contributed by atoms with Crippen molar-refractivity contribution in [3.05, 3.63) is 19.5 Å². The van der Waals surface area contributed by atoms with Gasteiger partial charge in [-0.2, -0.15) is 0 Å². The first kappa shape index (κ1) is 11.1. The van der Waals surface area contributed by atoms with Crippen LogP contribution in [0.3, 0.4) is 0 Å². The highest BCUT2D eigenvalue weighted by molar-refractivity contribution is 9.14. The zero-order chi connectivity index (χ0) is 10.4. The number of sulfone groups is 1. The lowest BCUT2D eigenvalue weighted by Crippen LogP contribution is -2.34. The highest BCUT2D eigenvalue weighted by Gasteiger charge is 2.54. The van der Waals surface area contributed by atoms with E-state index in [0.29, 0.717) is 0 Å². The average Bonchev–Trinajstić information content (AvgIpc) is 2.13. The van der Waals surface area contributed by atoms with Crippen LogP contribution < -0.4 is 0 Å². The Balaban J connectivity index is 3.37. The lowest BCUT2D eigenvalue weighted by molar-refractivity contribution is -0.518. The zero-order valence-corrected chi connectivity index (χ0v) is 10.4. The van der Waals surface area contributed by atoms with E-state index < -0.39 is 25.0 Å². The Hall–Kier alpha value is 0.0500. The SMILES string of the molecule is CC1=C(Br)S(=O)(=O)CC1(Br)[N+](=O)[O-]. The summed E-state index contributed by atoms with van der Waals surface area (Å²) in [6.07, 6.45) is 0. The fraction of sp³-hybridized carbons (Fsp3) is 0.600. The molecule has 0 saturated carbocycles. The summed E-state index contributed by atoms with van der Waals surface area (Å²) in [6.45, 7) is 1.41. The fourth-order valence-electron chi connectivity index (χ4n) is 0.997. The first-order valence-corrected chi connectivity index (χ1v) is 6.38. The van der Waals surface area contributed by atoms with Gasteiger partial charge < -0.3 is 0 Å². The molecule has 0 bridgehead atoms. The Morgan fingerprint density at radius 1 is 1.62 bits per heavy atom. The smallest absolute Gasteiger partial charge is 0.263 e. The summed E-state index contributed by atoms with van der Waals surface area (Å²) < 4.78 is 20.8. The monoisotopic (exact) mass is 333 g/mol. The van der Waals surface area contributed by atoms with E-state index in [1.165, 1.54) is 6.92 Å².